The van der Waals surface area contributed by atoms with Crippen LogP contribution < -0.4 is 10.2 Å². The molecule has 1 aliphatic carbocycles. The van der Waals surface area contributed by atoms with E-state index < -0.39 is 0 Å². The second-order valence-electron chi connectivity index (χ2n) is 6.67. The van der Waals surface area contributed by atoms with Gasteiger partial charge in [-0.05, 0) is 25.0 Å². The lowest BCUT2D eigenvalue weighted by Gasteiger charge is -2.35. The van der Waals surface area contributed by atoms with Gasteiger partial charge in [-0.25, -0.2) is 4.98 Å². The van der Waals surface area contributed by atoms with E-state index in [1.807, 2.05) is 18.3 Å². The Morgan fingerprint density at radius 2 is 1.91 bits per heavy atom. The Balaban J connectivity index is 1.35. The molecule has 5 heteroatoms. The van der Waals surface area contributed by atoms with Crippen LogP contribution in [0.5, 0.6) is 0 Å². The zero-order valence-corrected chi connectivity index (χ0v) is 13.9. The van der Waals surface area contributed by atoms with E-state index >= 15 is 0 Å². The first-order valence-corrected chi connectivity index (χ1v) is 8.99. The summed E-state index contributed by atoms with van der Waals surface area (Å²) >= 11 is 0. The van der Waals surface area contributed by atoms with Crippen molar-refractivity contribution in [3.8, 4) is 0 Å². The van der Waals surface area contributed by atoms with Crippen LogP contribution in [0.15, 0.2) is 24.4 Å². The van der Waals surface area contributed by atoms with E-state index in [2.05, 4.69) is 26.2 Å². The second kappa shape index (κ2) is 8.29. The topological polar surface area (TPSA) is 48.5 Å². The van der Waals surface area contributed by atoms with Crippen LogP contribution in [0, 0.1) is 0 Å². The van der Waals surface area contributed by atoms with Crippen molar-refractivity contribution in [2.24, 2.45) is 0 Å². The normalized spacial score (nSPS) is 20.4. The lowest BCUT2D eigenvalue weighted by atomic mass is 9.95. The SMILES string of the molecule is O=C(CCN1CCN(c2ccccn2)CC1)NC1CCCCC1. The van der Waals surface area contributed by atoms with E-state index in [9.17, 15) is 4.79 Å². The molecule has 126 valence electrons. The van der Waals surface area contributed by atoms with Gasteiger partial charge in [-0.2, -0.15) is 0 Å². The van der Waals surface area contributed by atoms with Crippen LogP contribution in [-0.4, -0.2) is 54.6 Å². The number of hydrogen-bond donors (Lipinski definition) is 1. The van der Waals surface area contributed by atoms with Crippen LogP contribution in [0.4, 0.5) is 5.82 Å². The summed E-state index contributed by atoms with van der Waals surface area (Å²) in [7, 11) is 0. The molecule has 5 nitrogen and oxygen atoms in total. The Morgan fingerprint density at radius 1 is 1.13 bits per heavy atom. The molecule has 0 spiro atoms. The Hall–Kier alpha value is -1.62. The predicted octanol–water partition coefficient (Wildman–Crippen LogP) is 2.04. The third kappa shape index (κ3) is 4.93. The number of nitrogens with zero attached hydrogens (tertiary/aromatic N) is 3. The zero-order chi connectivity index (χ0) is 15.9. The Bertz CT molecular complexity index is 479. The molecule has 0 unspecified atom stereocenters. The first-order valence-electron chi connectivity index (χ1n) is 8.99. The highest BCUT2D eigenvalue weighted by Crippen LogP contribution is 2.17. The maximum absolute atomic E-state index is 12.1. The van der Waals surface area contributed by atoms with Crippen molar-refractivity contribution in [1.29, 1.82) is 0 Å². The second-order valence-corrected chi connectivity index (χ2v) is 6.67. The largest absolute Gasteiger partial charge is 0.354 e. The summed E-state index contributed by atoms with van der Waals surface area (Å²) in [6, 6.07) is 6.47. The van der Waals surface area contributed by atoms with Gasteiger partial charge < -0.3 is 10.2 Å². The quantitative estimate of drug-likeness (QED) is 0.903. The van der Waals surface area contributed by atoms with Gasteiger partial charge in [-0.15, -0.1) is 0 Å². The molecule has 2 aliphatic rings. The fourth-order valence-corrected chi connectivity index (χ4v) is 3.55. The maximum Gasteiger partial charge on any atom is 0.221 e. The number of carbonyl (C=O) groups is 1. The van der Waals surface area contributed by atoms with E-state index in [1.165, 1.54) is 19.3 Å². The number of aromatic nitrogens is 1. The first kappa shape index (κ1) is 16.2. The molecule has 1 N–H and O–H groups in total. The number of pyridine rings is 1. The van der Waals surface area contributed by atoms with Crippen molar-refractivity contribution in [3.05, 3.63) is 24.4 Å². The standard InChI is InChI=1S/C18H28N4O/c23-18(20-16-6-2-1-3-7-16)9-11-21-12-14-22(15-13-21)17-8-4-5-10-19-17/h4-5,8,10,16H,1-3,6-7,9,11-15H2,(H,20,23). The zero-order valence-electron chi connectivity index (χ0n) is 13.9. The van der Waals surface area contributed by atoms with Crippen molar-refractivity contribution >= 4 is 11.7 Å². The molecule has 0 aromatic carbocycles. The fraction of sp³-hybridized carbons (Fsp3) is 0.667. The van der Waals surface area contributed by atoms with Crippen LogP contribution in [0.2, 0.25) is 0 Å². The van der Waals surface area contributed by atoms with Gasteiger partial charge in [0.2, 0.25) is 5.91 Å². The molecule has 1 aromatic heterocycles. The average Bonchev–Trinajstić information content (AvgIpc) is 2.62. The van der Waals surface area contributed by atoms with E-state index in [0.29, 0.717) is 12.5 Å². The maximum atomic E-state index is 12.1. The first-order chi connectivity index (χ1) is 11.3. The molecule has 1 amide bonds. The Morgan fingerprint density at radius 3 is 2.61 bits per heavy atom. The van der Waals surface area contributed by atoms with Gasteiger partial charge in [0, 0.05) is 51.4 Å². The van der Waals surface area contributed by atoms with Crippen molar-refractivity contribution in [3.63, 3.8) is 0 Å². The number of anilines is 1. The number of rotatable bonds is 5. The fourth-order valence-electron chi connectivity index (χ4n) is 3.55. The van der Waals surface area contributed by atoms with Crippen molar-refractivity contribution in [2.45, 2.75) is 44.6 Å². The molecule has 1 aliphatic heterocycles. The van der Waals surface area contributed by atoms with Crippen LogP contribution in [0.25, 0.3) is 0 Å². The molecule has 1 saturated heterocycles. The summed E-state index contributed by atoms with van der Waals surface area (Å²) in [6.45, 7) is 4.86. The van der Waals surface area contributed by atoms with Crippen LogP contribution in [0.1, 0.15) is 38.5 Å². The molecule has 2 heterocycles. The molecule has 1 aromatic rings. The van der Waals surface area contributed by atoms with Gasteiger partial charge in [0.1, 0.15) is 5.82 Å². The van der Waals surface area contributed by atoms with E-state index in [1.54, 1.807) is 0 Å². The average molecular weight is 316 g/mol. The van der Waals surface area contributed by atoms with Crippen molar-refractivity contribution < 1.29 is 4.79 Å². The Kier molecular flexibility index (Phi) is 5.86. The van der Waals surface area contributed by atoms with Gasteiger partial charge in [0.15, 0.2) is 0 Å². The highest BCUT2D eigenvalue weighted by molar-refractivity contribution is 5.76. The Labute approximate surface area is 139 Å². The monoisotopic (exact) mass is 316 g/mol. The van der Waals surface area contributed by atoms with E-state index in [4.69, 9.17) is 0 Å². The third-order valence-electron chi connectivity index (χ3n) is 4.97. The van der Waals surface area contributed by atoms with Gasteiger partial charge in [-0.1, -0.05) is 25.3 Å². The van der Waals surface area contributed by atoms with Crippen LogP contribution in [0.3, 0.4) is 0 Å². The molecular weight excluding hydrogens is 288 g/mol. The third-order valence-corrected chi connectivity index (χ3v) is 4.97. The molecule has 1 saturated carbocycles. The smallest absolute Gasteiger partial charge is 0.221 e. The number of carbonyl (C=O) groups excluding carboxylic acids is 1. The molecule has 0 bridgehead atoms. The van der Waals surface area contributed by atoms with Gasteiger partial charge in [0.05, 0.1) is 0 Å². The summed E-state index contributed by atoms with van der Waals surface area (Å²) in [5, 5.41) is 3.21. The summed E-state index contributed by atoms with van der Waals surface area (Å²) < 4.78 is 0. The molecule has 0 radical (unpaired) electrons. The number of amides is 1. The summed E-state index contributed by atoms with van der Waals surface area (Å²) in [5.41, 5.74) is 0. The minimum atomic E-state index is 0.226. The lowest BCUT2D eigenvalue weighted by molar-refractivity contribution is -0.122. The number of hydrogen-bond acceptors (Lipinski definition) is 4. The molecule has 3 rings (SSSR count). The van der Waals surface area contributed by atoms with Crippen LogP contribution >= 0.6 is 0 Å². The molecule has 23 heavy (non-hydrogen) atoms. The summed E-state index contributed by atoms with van der Waals surface area (Å²) in [6.07, 6.45) is 8.65. The predicted molar refractivity (Wildman–Crippen MR) is 92.5 cm³/mol. The van der Waals surface area contributed by atoms with Gasteiger partial charge in [0.25, 0.3) is 0 Å². The molecule has 2 fully saturated rings. The van der Waals surface area contributed by atoms with Gasteiger partial charge in [-0.3, -0.25) is 9.69 Å². The lowest BCUT2D eigenvalue weighted by Crippen LogP contribution is -2.47. The highest BCUT2D eigenvalue weighted by atomic mass is 16.1. The summed E-state index contributed by atoms with van der Waals surface area (Å²) in [4.78, 5) is 21.2. The summed E-state index contributed by atoms with van der Waals surface area (Å²) in [5.74, 6) is 1.28. The van der Waals surface area contributed by atoms with E-state index in [0.717, 1.165) is 51.4 Å². The minimum absolute atomic E-state index is 0.226. The highest BCUT2D eigenvalue weighted by Gasteiger charge is 2.19. The molecular formula is C18H28N4O. The van der Waals surface area contributed by atoms with Crippen LogP contribution in [-0.2, 0) is 4.79 Å². The number of nitrogens with one attached hydrogen (secondary N) is 1. The number of piperazine rings is 1. The van der Waals surface area contributed by atoms with Gasteiger partial charge >= 0.3 is 0 Å². The van der Waals surface area contributed by atoms with Crippen molar-refractivity contribution in [2.75, 3.05) is 37.6 Å². The van der Waals surface area contributed by atoms with Crippen molar-refractivity contribution in [1.82, 2.24) is 15.2 Å². The minimum Gasteiger partial charge on any atom is -0.354 e. The van der Waals surface area contributed by atoms with E-state index in [-0.39, 0.29) is 5.91 Å². The molecule has 0 atom stereocenters.